The fourth-order valence-electron chi connectivity index (χ4n) is 6.85. The number of hydrogen-bond acceptors (Lipinski definition) is 3. The van der Waals surface area contributed by atoms with E-state index in [1.54, 1.807) is 12.1 Å². The van der Waals surface area contributed by atoms with Crippen LogP contribution in [-0.2, 0) is 19.6 Å². The van der Waals surface area contributed by atoms with Gasteiger partial charge in [0.05, 0.1) is 9.52 Å². The van der Waals surface area contributed by atoms with Crippen molar-refractivity contribution in [1.29, 1.82) is 0 Å². The molecule has 0 bridgehead atoms. The lowest BCUT2D eigenvalue weighted by Gasteiger charge is -2.37. The molecule has 3 fully saturated rings. The summed E-state index contributed by atoms with van der Waals surface area (Å²) in [6, 6.07) is 3.32. The maximum absolute atomic E-state index is 15.7. The molecule has 0 saturated heterocycles. The first-order valence-corrected chi connectivity index (χ1v) is 17.4. The van der Waals surface area contributed by atoms with E-state index >= 15 is 8.78 Å². The van der Waals surface area contributed by atoms with Gasteiger partial charge >= 0.3 is 26.5 Å². The highest BCUT2D eigenvalue weighted by Gasteiger charge is 2.80. The smallest absolute Gasteiger partial charge is 0.281 e. The van der Waals surface area contributed by atoms with Crippen molar-refractivity contribution in [2.45, 2.75) is 135 Å². The normalized spacial score (nSPS) is 23.2. The van der Waals surface area contributed by atoms with Crippen molar-refractivity contribution in [1.82, 2.24) is 0 Å². The van der Waals surface area contributed by atoms with Crippen LogP contribution in [0.1, 0.15) is 131 Å². The zero-order valence-electron chi connectivity index (χ0n) is 22.5. The predicted octanol–water partition coefficient (Wildman–Crippen LogP) is 8.61. The van der Waals surface area contributed by atoms with E-state index in [-0.39, 0.29) is 17.0 Å². The van der Waals surface area contributed by atoms with Gasteiger partial charge in [0.2, 0.25) is 0 Å². The largest absolute Gasteiger partial charge is 0.439 e. The zero-order chi connectivity index (χ0) is 29.6. The summed E-state index contributed by atoms with van der Waals surface area (Å²) in [6.45, 7) is 0. The third kappa shape index (κ3) is 5.45. The first kappa shape index (κ1) is 31.7. The second kappa shape index (κ2) is 11.4. The fraction of sp³-hybridized carbons (Fsp3) is 0.750. The molecule has 0 aromatic heterocycles. The number of alkyl halides is 6. The molecule has 1 unspecified atom stereocenters. The van der Waals surface area contributed by atoms with E-state index in [1.165, 1.54) is 0 Å². The molecule has 1 aromatic rings. The maximum atomic E-state index is 15.7. The summed E-state index contributed by atoms with van der Waals surface area (Å²) in [7, 11) is -12.6. The number of benzene rings is 1. The highest BCUT2D eigenvalue weighted by atomic mass is 32.2. The van der Waals surface area contributed by atoms with Gasteiger partial charge in [-0.05, 0) is 78.8 Å². The average molecular weight is 617 g/mol. The van der Waals surface area contributed by atoms with Gasteiger partial charge in [0, 0.05) is 4.90 Å². The van der Waals surface area contributed by atoms with Gasteiger partial charge in [-0.15, -0.1) is 0 Å². The lowest BCUT2D eigenvalue weighted by molar-refractivity contribution is -0.244. The summed E-state index contributed by atoms with van der Waals surface area (Å²) in [5, 5.41) is -12.7. The van der Waals surface area contributed by atoms with E-state index in [0.717, 1.165) is 76.2 Å². The standard InChI is InChI=1S/C28H38F6O4S2/c1-39(35,27(31,32)26(29,30)28(33,34)40(36,37)38)25-23(20-13-7-3-8-14-20)17-22(19-11-5-2-6-12-19)18-24(25)21-15-9-4-10-16-21/h17-21H,1-16H2,(H,36,37,38). The molecule has 3 aliphatic carbocycles. The van der Waals surface area contributed by atoms with Crippen molar-refractivity contribution in [2.24, 2.45) is 0 Å². The van der Waals surface area contributed by atoms with E-state index in [9.17, 15) is 30.2 Å². The molecule has 4 rings (SSSR count). The minimum Gasteiger partial charge on any atom is -0.281 e. The molecule has 0 spiro atoms. The molecule has 1 atom stereocenters. The highest BCUT2D eigenvalue weighted by Crippen LogP contribution is 2.55. The predicted molar refractivity (Wildman–Crippen MR) is 144 cm³/mol. The first-order chi connectivity index (χ1) is 18.5. The molecular formula is C28H38F6O4S2. The summed E-state index contributed by atoms with van der Waals surface area (Å²) >= 11 is 0. The Labute approximate surface area is 233 Å². The Morgan fingerprint density at radius 1 is 0.625 bits per heavy atom. The van der Waals surface area contributed by atoms with Crippen molar-refractivity contribution >= 4 is 25.5 Å². The van der Waals surface area contributed by atoms with E-state index < -0.39 is 52.8 Å². The van der Waals surface area contributed by atoms with Crippen molar-refractivity contribution in [3.63, 3.8) is 0 Å². The van der Waals surface area contributed by atoms with Crippen LogP contribution in [0.4, 0.5) is 26.3 Å². The second-order valence-electron chi connectivity index (χ2n) is 11.8. The molecule has 1 aromatic carbocycles. The molecule has 0 radical (unpaired) electrons. The second-order valence-corrected chi connectivity index (χ2v) is 15.5. The molecule has 228 valence electrons. The third-order valence-electron chi connectivity index (χ3n) is 9.13. The van der Waals surface area contributed by atoms with Gasteiger partial charge in [0.15, 0.2) is 0 Å². The quantitative estimate of drug-likeness (QED) is 0.180. The highest BCUT2D eigenvalue weighted by molar-refractivity contribution is 8.01. The number of hydrogen-bond donors (Lipinski definition) is 1. The third-order valence-corrected chi connectivity index (χ3v) is 12.3. The molecule has 0 aliphatic heterocycles. The molecule has 0 amide bonds. The van der Waals surface area contributed by atoms with Gasteiger partial charge < -0.3 is 0 Å². The lowest BCUT2D eigenvalue weighted by atomic mass is 9.76. The molecule has 4 nitrogen and oxygen atoms in total. The average Bonchev–Trinajstić information content (AvgIpc) is 2.92. The van der Waals surface area contributed by atoms with Gasteiger partial charge in [-0.2, -0.15) is 34.8 Å². The molecule has 1 N–H and O–H groups in total. The summed E-state index contributed by atoms with van der Waals surface area (Å²) in [5.74, 6) is -4.38. The van der Waals surface area contributed by atoms with E-state index in [0.29, 0.717) is 25.7 Å². The van der Waals surface area contributed by atoms with E-state index in [1.807, 2.05) is 0 Å². The van der Waals surface area contributed by atoms with Crippen LogP contribution in [0.15, 0.2) is 17.0 Å². The number of halogens is 6. The molecular weight excluding hydrogens is 578 g/mol. The van der Waals surface area contributed by atoms with Gasteiger partial charge in [0.25, 0.3) is 0 Å². The molecule has 3 saturated carbocycles. The van der Waals surface area contributed by atoms with Crippen molar-refractivity contribution < 1.29 is 43.5 Å². The summed E-state index contributed by atoms with van der Waals surface area (Å²) < 4.78 is 135. The van der Waals surface area contributed by atoms with Gasteiger partial charge in [-0.1, -0.05) is 69.9 Å². The van der Waals surface area contributed by atoms with Crippen LogP contribution >= 0.6 is 0 Å². The Morgan fingerprint density at radius 3 is 1.32 bits per heavy atom. The molecule has 40 heavy (non-hydrogen) atoms. The SMILES string of the molecule is C=S(=O)(c1c(C2CCCCC2)cc(C2CCCCC2)cc1C1CCCCC1)C(F)(F)C(F)(F)C(F)(F)S(=O)(=O)O. The Morgan fingerprint density at radius 2 is 0.975 bits per heavy atom. The van der Waals surface area contributed by atoms with Crippen molar-refractivity contribution in [3.05, 3.63) is 28.8 Å². The van der Waals surface area contributed by atoms with Crippen LogP contribution in [0.5, 0.6) is 0 Å². The van der Waals surface area contributed by atoms with E-state index in [4.69, 9.17) is 4.55 Å². The Kier molecular flexibility index (Phi) is 9.05. The topological polar surface area (TPSA) is 71.4 Å². The van der Waals surface area contributed by atoms with Crippen molar-refractivity contribution in [3.8, 4) is 0 Å². The maximum Gasteiger partial charge on any atom is 0.439 e. The van der Waals surface area contributed by atoms with Crippen LogP contribution in [0.3, 0.4) is 0 Å². The lowest BCUT2D eigenvalue weighted by Crippen LogP contribution is -2.60. The fourth-order valence-corrected chi connectivity index (χ4v) is 9.38. The van der Waals surface area contributed by atoms with Gasteiger partial charge in [-0.25, -0.2) is 0 Å². The van der Waals surface area contributed by atoms with Crippen molar-refractivity contribution in [2.75, 3.05) is 0 Å². The van der Waals surface area contributed by atoms with E-state index in [2.05, 4.69) is 5.87 Å². The molecule has 0 heterocycles. The van der Waals surface area contributed by atoms with Crippen LogP contribution in [-0.4, -0.2) is 39.5 Å². The van der Waals surface area contributed by atoms with Crippen LogP contribution < -0.4 is 0 Å². The Balaban J connectivity index is 1.99. The molecule has 12 heteroatoms. The first-order valence-electron chi connectivity index (χ1n) is 14.2. The summed E-state index contributed by atoms with van der Waals surface area (Å²) in [5.41, 5.74) is 1.24. The monoisotopic (exact) mass is 616 g/mol. The molecule has 3 aliphatic rings. The minimum absolute atomic E-state index is 0.110. The van der Waals surface area contributed by atoms with Gasteiger partial charge in [0.1, 0.15) is 0 Å². The van der Waals surface area contributed by atoms with Crippen LogP contribution in [0.25, 0.3) is 0 Å². The Bertz CT molecular complexity index is 1240. The summed E-state index contributed by atoms with van der Waals surface area (Å²) in [6.07, 6.45) is 11.6. The zero-order valence-corrected chi connectivity index (χ0v) is 24.1. The Hall–Kier alpha value is -1.27. The van der Waals surface area contributed by atoms with Crippen LogP contribution in [0.2, 0.25) is 0 Å². The minimum atomic E-state index is -6.98. The van der Waals surface area contributed by atoms with Gasteiger partial charge in [-0.3, -0.25) is 8.76 Å². The summed E-state index contributed by atoms with van der Waals surface area (Å²) in [4.78, 5) is -0.623. The number of rotatable bonds is 8. The van der Waals surface area contributed by atoms with Crippen LogP contribution in [0, 0.1) is 0 Å².